The van der Waals surface area contributed by atoms with Crippen molar-refractivity contribution >= 4 is 11.8 Å². The fraction of sp³-hybridized carbons (Fsp3) is 0.650. The first kappa shape index (κ1) is 19.1. The molecule has 8 heteroatoms. The van der Waals surface area contributed by atoms with Crippen LogP contribution in [0.25, 0.3) is 0 Å². The normalized spacial score (nSPS) is 28.5. The zero-order chi connectivity index (χ0) is 19.6. The molecule has 0 aromatic carbocycles. The van der Waals surface area contributed by atoms with E-state index in [9.17, 15) is 14.7 Å². The van der Waals surface area contributed by atoms with Crippen molar-refractivity contribution in [3.8, 4) is 5.75 Å². The lowest BCUT2D eigenvalue weighted by Gasteiger charge is -2.41. The van der Waals surface area contributed by atoms with Gasteiger partial charge in [-0.3, -0.25) is 14.5 Å². The van der Waals surface area contributed by atoms with Crippen molar-refractivity contribution in [3.63, 3.8) is 0 Å². The maximum Gasteiger partial charge on any atom is 0.273 e. The van der Waals surface area contributed by atoms with Crippen molar-refractivity contribution in [2.75, 3.05) is 26.3 Å². The Hall–Kier alpha value is -2.19. The Bertz CT molecular complexity index is 737. The Morgan fingerprint density at radius 3 is 2.82 bits per heavy atom. The van der Waals surface area contributed by atoms with Crippen LogP contribution in [-0.4, -0.2) is 70.7 Å². The topological polar surface area (TPSA) is 104 Å². The van der Waals surface area contributed by atoms with Crippen molar-refractivity contribution in [2.45, 2.75) is 56.1 Å². The number of amides is 2. The van der Waals surface area contributed by atoms with Crippen LogP contribution in [0.2, 0.25) is 0 Å². The Labute approximate surface area is 164 Å². The van der Waals surface area contributed by atoms with Gasteiger partial charge in [0.15, 0.2) is 5.69 Å². The molecule has 1 aromatic rings. The number of hydrogen-bond acceptors (Lipinski definition) is 6. The third-order valence-corrected chi connectivity index (χ3v) is 6.21. The van der Waals surface area contributed by atoms with E-state index in [1.807, 2.05) is 0 Å². The van der Waals surface area contributed by atoms with E-state index in [4.69, 9.17) is 4.74 Å². The number of carbonyl (C=O) groups is 2. The lowest BCUT2D eigenvalue weighted by molar-refractivity contribution is -0.135. The largest absolute Gasteiger partial charge is 0.505 e. The predicted octanol–water partition coefficient (Wildman–Crippen LogP) is 0.809. The van der Waals surface area contributed by atoms with E-state index < -0.39 is 11.4 Å². The van der Waals surface area contributed by atoms with Gasteiger partial charge in [-0.1, -0.05) is 0 Å². The first-order chi connectivity index (χ1) is 13.6. The SMILES string of the molecule is O=C(N[C@@H]1CN2CCCC[C@@]2(C(=O)NC2CCOCC2)C1)c1ncccc1O. The minimum Gasteiger partial charge on any atom is -0.505 e. The summed E-state index contributed by atoms with van der Waals surface area (Å²) in [5, 5.41) is 16.1. The molecule has 0 bridgehead atoms. The van der Waals surface area contributed by atoms with Crippen molar-refractivity contribution in [2.24, 2.45) is 0 Å². The summed E-state index contributed by atoms with van der Waals surface area (Å²) in [7, 11) is 0. The highest BCUT2D eigenvalue weighted by Gasteiger charge is 2.52. The van der Waals surface area contributed by atoms with Crippen LogP contribution in [0.4, 0.5) is 0 Å². The summed E-state index contributed by atoms with van der Waals surface area (Å²) in [6.45, 7) is 2.88. The second-order valence-electron chi connectivity index (χ2n) is 8.04. The zero-order valence-electron chi connectivity index (χ0n) is 16.0. The molecule has 0 radical (unpaired) electrons. The maximum absolute atomic E-state index is 13.3. The van der Waals surface area contributed by atoms with Gasteiger partial charge in [0.25, 0.3) is 5.91 Å². The number of nitrogens with one attached hydrogen (secondary N) is 2. The monoisotopic (exact) mass is 388 g/mol. The smallest absolute Gasteiger partial charge is 0.273 e. The highest BCUT2D eigenvalue weighted by atomic mass is 16.5. The van der Waals surface area contributed by atoms with Crippen LogP contribution in [0.15, 0.2) is 18.3 Å². The van der Waals surface area contributed by atoms with Gasteiger partial charge >= 0.3 is 0 Å². The summed E-state index contributed by atoms with van der Waals surface area (Å²) in [6.07, 6.45) is 6.65. The van der Waals surface area contributed by atoms with Gasteiger partial charge in [0.1, 0.15) is 11.3 Å². The molecule has 2 amide bonds. The molecule has 3 fully saturated rings. The minimum atomic E-state index is -0.555. The highest BCUT2D eigenvalue weighted by molar-refractivity contribution is 5.95. The molecule has 0 saturated carbocycles. The first-order valence-electron chi connectivity index (χ1n) is 10.2. The Morgan fingerprint density at radius 2 is 2.04 bits per heavy atom. The van der Waals surface area contributed by atoms with Gasteiger partial charge in [0, 0.05) is 38.0 Å². The molecule has 3 N–H and O–H groups in total. The number of aromatic nitrogens is 1. The van der Waals surface area contributed by atoms with Gasteiger partial charge in [-0.15, -0.1) is 0 Å². The van der Waals surface area contributed by atoms with Crippen LogP contribution >= 0.6 is 0 Å². The highest BCUT2D eigenvalue weighted by Crippen LogP contribution is 2.38. The summed E-state index contributed by atoms with van der Waals surface area (Å²) in [6, 6.07) is 3.05. The minimum absolute atomic E-state index is 0.0214. The maximum atomic E-state index is 13.3. The molecule has 8 nitrogen and oxygen atoms in total. The van der Waals surface area contributed by atoms with E-state index in [1.165, 1.54) is 12.3 Å². The number of nitrogens with zero attached hydrogens (tertiary/aromatic N) is 2. The average Bonchev–Trinajstić information content (AvgIpc) is 3.08. The molecule has 4 rings (SSSR count). The number of fused-ring (bicyclic) bond motifs is 1. The van der Waals surface area contributed by atoms with E-state index in [-0.39, 0.29) is 29.4 Å². The number of ether oxygens (including phenoxy) is 1. The van der Waals surface area contributed by atoms with E-state index in [1.54, 1.807) is 6.07 Å². The number of carbonyl (C=O) groups excluding carboxylic acids is 2. The Morgan fingerprint density at radius 1 is 1.21 bits per heavy atom. The summed E-state index contributed by atoms with van der Waals surface area (Å²) < 4.78 is 5.39. The van der Waals surface area contributed by atoms with Crippen molar-refractivity contribution < 1.29 is 19.4 Å². The first-order valence-corrected chi connectivity index (χ1v) is 10.2. The van der Waals surface area contributed by atoms with Crippen molar-refractivity contribution in [1.82, 2.24) is 20.5 Å². The second-order valence-corrected chi connectivity index (χ2v) is 8.04. The van der Waals surface area contributed by atoms with Crippen LogP contribution in [0.3, 0.4) is 0 Å². The predicted molar refractivity (Wildman–Crippen MR) is 102 cm³/mol. The Kier molecular flexibility index (Phi) is 5.50. The molecule has 28 heavy (non-hydrogen) atoms. The molecular weight excluding hydrogens is 360 g/mol. The third-order valence-electron chi connectivity index (χ3n) is 6.21. The molecule has 1 aromatic heterocycles. The van der Waals surface area contributed by atoms with Gasteiger partial charge in [-0.25, -0.2) is 4.98 Å². The fourth-order valence-electron chi connectivity index (χ4n) is 4.76. The summed E-state index contributed by atoms with van der Waals surface area (Å²) in [5.74, 6) is -0.456. The molecule has 4 heterocycles. The third kappa shape index (κ3) is 3.71. The van der Waals surface area contributed by atoms with Crippen LogP contribution in [0.5, 0.6) is 5.75 Å². The fourth-order valence-corrected chi connectivity index (χ4v) is 4.76. The van der Waals surface area contributed by atoms with Crippen molar-refractivity contribution in [3.05, 3.63) is 24.0 Å². The number of piperidine rings is 1. The number of aromatic hydroxyl groups is 1. The van der Waals surface area contributed by atoms with Gasteiger partial charge in [0.05, 0.1) is 0 Å². The van der Waals surface area contributed by atoms with Crippen LogP contribution in [0.1, 0.15) is 49.0 Å². The number of hydrogen-bond donors (Lipinski definition) is 3. The van der Waals surface area contributed by atoms with Gasteiger partial charge in [-0.05, 0) is 57.2 Å². The Balaban J connectivity index is 1.45. The number of rotatable bonds is 4. The van der Waals surface area contributed by atoms with Crippen LogP contribution in [-0.2, 0) is 9.53 Å². The molecule has 2 atom stereocenters. The second kappa shape index (κ2) is 8.05. The van der Waals surface area contributed by atoms with Gasteiger partial charge in [0.2, 0.25) is 5.91 Å². The molecule has 0 unspecified atom stereocenters. The lowest BCUT2D eigenvalue weighted by Crippen LogP contribution is -2.59. The summed E-state index contributed by atoms with van der Waals surface area (Å²) >= 11 is 0. The molecule has 3 aliphatic heterocycles. The lowest BCUT2D eigenvalue weighted by atomic mass is 9.84. The summed E-state index contributed by atoms with van der Waals surface area (Å²) in [5.41, 5.74) is -0.534. The van der Waals surface area contributed by atoms with Crippen molar-refractivity contribution in [1.29, 1.82) is 0 Å². The quantitative estimate of drug-likeness (QED) is 0.705. The van der Waals surface area contributed by atoms with Gasteiger partial charge in [-0.2, -0.15) is 0 Å². The number of pyridine rings is 1. The standard InChI is InChI=1S/C20H28N4O4/c25-16-4-3-8-21-17(16)18(26)22-15-12-20(7-1-2-9-24(20)13-15)19(27)23-14-5-10-28-11-6-14/h3-4,8,14-15,25H,1-2,5-7,9-13H2,(H,22,26)(H,23,27)/t15-,20-/m0/s1. The van der Waals surface area contributed by atoms with E-state index in [0.29, 0.717) is 26.2 Å². The molecule has 3 saturated heterocycles. The zero-order valence-corrected chi connectivity index (χ0v) is 16.0. The van der Waals surface area contributed by atoms with E-state index in [2.05, 4.69) is 20.5 Å². The molecule has 0 spiro atoms. The van der Waals surface area contributed by atoms with E-state index in [0.717, 1.165) is 38.6 Å². The van der Waals surface area contributed by atoms with Crippen LogP contribution in [0, 0.1) is 0 Å². The molecule has 3 aliphatic rings. The molecule has 0 aliphatic carbocycles. The average molecular weight is 388 g/mol. The molecule has 152 valence electrons. The van der Waals surface area contributed by atoms with Gasteiger partial charge < -0.3 is 20.5 Å². The molecular formula is C20H28N4O4. The van der Waals surface area contributed by atoms with Crippen LogP contribution < -0.4 is 10.6 Å². The summed E-state index contributed by atoms with van der Waals surface area (Å²) in [4.78, 5) is 32.0. The van der Waals surface area contributed by atoms with E-state index >= 15 is 0 Å².